The Morgan fingerprint density at radius 3 is 2.56 bits per heavy atom. The minimum absolute atomic E-state index is 0.0818. The third kappa shape index (κ3) is 3.99. The maximum Gasteiger partial charge on any atom is 0.248 e. The molecular formula is C16H18Br2N2O3S2. The van der Waals surface area contributed by atoms with Crippen LogP contribution in [0.5, 0.6) is 0 Å². The molecular weight excluding hydrogens is 492 g/mol. The molecule has 1 amide bonds. The van der Waals surface area contributed by atoms with E-state index in [1.165, 1.54) is 11.8 Å². The first-order chi connectivity index (χ1) is 11.7. The van der Waals surface area contributed by atoms with Gasteiger partial charge in [-0.2, -0.15) is 4.99 Å². The van der Waals surface area contributed by atoms with Crippen molar-refractivity contribution in [3.05, 3.63) is 26.6 Å². The van der Waals surface area contributed by atoms with Crippen LogP contribution in [0.3, 0.4) is 0 Å². The van der Waals surface area contributed by atoms with Gasteiger partial charge in [0.2, 0.25) is 5.91 Å². The number of fused-ring (bicyclic) bond motifs is 1. The van der Waals surface area contributed by atoms with Gasteiger partial charge in [-0.15, -0.1) is 0 Å². The van der Waals surface area contributed by atoms with Gasteiger partial charge in [-0.25, -0.2) is 8.42 Å². The van der Waals surface area contributed by atoms with Crippen LogP contribution in [-0.2, 0) is 14.6 Å². The minimum atomic E-state index is -3.08. The van der Waals surface area contributed by atoms with Crippen LogP contribution in [0.25, 0.3) is 0 Å². The number of halogens is 2. The molecule has 0 bridgehead atoms. The standard InChI is InChI=1S/C16H18Br2N2O3S2/c1-3-4-14(21)19-16-20(12-7-25(22,23)8-13(12)24-16)15-10(17)5-9(2)6-11(15)18/h5-6,12-13H,3-4,7-8H2,1-2H3/t12-,13+/m1/s1. The predicted octanol–water partition coefficient (Wildman–Crippen LogP) is 3.92. The topological polar surface area (TPSA) is 66.8 Å². The number of hydrogen-bond acceptors (Lipinski definition) is 4. The number of rotatable bonds is 3. The first kappa shape index (κ1) is 19.4. The van der Waals surface area contributed by atoms with E-state index in [0.29, 0.717) is 11.6 Å². The minimum Gasteiger partial charge on any atom is -0.313 e. The third-order valence-corrected chi connectivity index (χ3v) is 8.57. The van der Waals surface area contributed by atoms with E-state index in [1.54, 1.807) is 0 Å². The summed E-state index contributed by atoms with van der Waals surface area (Å²) in [5, 5.41) is 0.492. The Morgan fingerprint density at radius 2 is 1.96 bits per heavy atom. The van der Waals surface area contributed by atoms with E-state index in [-0.39, 0.29) is 28.7 Å². The second kappa shape index (κ2) is 7.32. The van der Waals surface area contributed by atoms with Crippen molar-refractivity contribution in [2.45, 2.75) is 38.0 Å². The van der Waals surface area contributed by atoms with Crippen LogP contribution >= 0.6 is 43.6 Å². The van der Waals surface area contributed by atoms with Gasteiger partial charge >= 0.3 is 0 Å². The van der Waals surface area contributed by atoms with Crippen LogP contribution in [0, 0.1) is 6.92 Å². The molecule has 136 valence electrons. The van der Waals surface area contributed by atoms with Crippen molar-refractivity contribution in [1.82, 2.24) is 0 Å². The molecule has 0 aliphatic carbocycles. The van der Waals surface area contributed by atoms with E-state index in [1.807, 2.05) is 30.9 Å². The summed E-state index contributed by atoms with van der Waals surface area (Å²) in [5.74, 6) is 0.0384. The second-order valence-corrected chi connectivity index (χ2v) is 11.4. The van der Waals surface area contributed by atoms with Crippen LogP contribution < -0.4 is 4.90 Å². The molecule has 0 N–H and O–H groups in total. The maximum absolute atomic E-state index is 12.1. The van der Waals surface area contributed by atoms with Gasteiger partial charge in [-0.1, -0.05) is 18.7 Å². The van der Waals surface area contributed by atoms with Crippen molar-refractivity contribution >= 4 is 70.2 Å². The first-order valence-electron chi connectivity index (χ1n) is 7.95. The Morgan fingerprint density at radius 1 is 1.32 bits per heavy atom. The van der Waals surface area contributed by atoms with E-state index >= 15 is 0 Å². The summed E-state index contributed by atoms with van der Waals surface area (Å²) in [6, 6.07) is 3.75. The number of sulfone groups is 1. The molecule has 0 spiro atoms. The van der Waals surface area contributed by atoms with Gasteiger partial charge in [-0.3, -0.25) is 4.79 Å². The van der Waals surface area contributed by atoms with Gasteiger partial charge in [-0.05, 0) is 62.9 Å². The summed E-state index contributed by atoms with van der Waals surface area (Å²) >= 11 is 8.57. The molecule has 0 unspecified atom stereocenters. The Balaban J connectivity index is 2.09. The van der Waals surface area contributed by atoms with Crippen LogP contribution in [0.2, 0.25) is 0 Å². The number of nitrogens with zero attached hydrogens (tertiary/aromatic N) is 2. The number of anilines is 1. The Hall–Kier alpha value is -0.380. The number of thioether (sulfide) groups is 1. The highest BCUT2D eigenvalue weighted by Crippen LogP contribution is 2.46. The molecule has 2 heterocycles. The number of hydrogen-bond donors (Lipinski definition) is 0. The first-order valence-corrected chi connectivity index (χ1v) is 12.2. The molecule has 2 aliphatic heterocycles. The zero-order valence-electron chi connectivity index (χ0n) is 13.8. The largest absolute Gasteiger partial charge is 0.313 e. The summed E-state index contributed by atoms with van der Waals surface area (Å²) in [4.78, 5) is 18.3. The normalized spacial score (nSPS) is 26.2. The average Bonchev–Trinajstić information content (AvgIpc) is 2.91. The highest BCUT2D eigenvalue weighted by atomic mass is 79.9. The monoisotopic (exact) mass is 508 g/mol. The van der Waals surface area contributed by atoms with Crippen molar-refractivity contribution in [1.29, 1.82) is 0 Å². The van der Waals surface area contributed by atoms with E-state index < -0.39 is 9.84 Å². The molecule has 5 nitrogen and oxygen atoms in total. The number of amides is 1. The Labute approximate surface area is 168 Å². The number of carbonyl (C=O) groups excluding carboxylic acids is 1. The zero-order chi connectivity index (χ0) is 18.4. The number of benzene rings is 1. The fourth-order valence-electron chi connectivity index (χ4n) is 3.12. The zero-order valence-corrected chi connectivity index (χ0v) is 18.6. The summed E-state index contributed by atoms with van der Waals surface area (Å²) in [7, 11) is -3.08. The number of aliphatic imine (C=N–C) groups is 1. The Bertz CT molecular complexity index is 832. The van der Waals surface area contributed by atoms with Crippen molar-refractivity contribution in [2.24, 2.45) is 4.99 Å². The highest BCUT2D eigenvalue weighted by molar-refractivity contribution is 9.11. The molecule has 25 heavy (non-hydrogen) atoms. The number of carbonyl (C=O) groups is 1. The van der Waals surface area contributed by atoms with Gasteiger partial charge in [0.05, 0.1) is 23.2 Å². The maximum atomic E-state index is 12.1. The van der Waals surface area contributed by atoms with Crippen molar-refractivity contribution < 1.29 is 13.2 Å². The summed E-state index contributed by atoms with van der Waals surface area (Å²) in [5.41, 5.74) is 1.90. The van der Waals surface area contributed by atoms with Crippen LogP contribution in [0.4, 0.5) is 5.69 Å². The van der Waals surface area contributed by atoms with Crippen molar-refractivity contribution in [3.8, 4) is 0 Å². The fraction of sp³-hybridized carbons (Fsp3) is 0.500. The van der Waals surface area contributed by atoms with Crippen LogP contribution in [-0.4, -0.2) is 42.3 Å². The molecule has 0 radical (unpaired) electrons. The fourth-order valence-corrected chi connectivity index (χ4v) is 8.84. The molecule has 3 rings (SSSR count). The summed E-state index contributed by atoms with van der Waals surface area (Å²) in [6.45, 7) is 3.92. The van der Waals surface area contributed by atoms with Crippen LogP contribution in [0.15, 0.2) is 26.1 Å². The highest BCUT2D eigenvalue weighted by Gasteiger charge is 2.50. The quantitative estimate of drug-likeness (QED) is 0.617. The summed E-state index contributed by atoms with van der Waals surface area (Å²) < 4.78 is 25.9. The Kier molecular flexibility index (Phi) is 5.68. The molecule has 2 atom stereocenters. The van der Waals surface area contributed by atoms with Gasteiger partial charge in [0.1, 0.15) is 0 Å². The van der Waals surface area contributed by atoms with Crippen LogP contribution in [0.1, 0.15) is 25.3 Å². The lowest BCUT2D eigenvalue weighted by molar-refractivity contribution is -0.117. The van der Waals surface area contributed by atoms with Gasteiger partial charge in [0.15, 0.2) is 15.0 Å². The molecule has 0 saturated carbocycles. The second-order valence-electron chi connectivity index (χ2n) is 6.29. The molecule has 2 aliphatic rings. The van der Waals surface area contributed by atoms with E-state index in [0.717, 1.165) is 26.6 Å². The lowest BCUT2D eigenvalue weighted by Gasteiger charge is -2.27. The van der Waals surface area contributed by atoms with E-state index in [9.17, 15) is 13.2 Å². The molecule has 1 aromatic rings. The van der Waals surface area contributed by atoms with Gasteiger partial charge in [0, 0.05) is 20.6 Å². The van der Waals surface area contributed by atoms with Gasteiger partial charge in [0.25, 0.3) is 0 Å². The molecule has 1 aromatic carbocycles. The van der Waals surface area contributed by atoms with E-state index in [4.69, 9.17) is 0 Å². The average molecular weight is 510 g/mol. The number of amidine groups is 1. The third-order valence-electron chi connectivity index (χ3n) is 4.15. The summed E-state index contributed by atoms with van der Waals surface area (Å²) in [6.07, 6.45) is 1.13. The van der Waals surface area contributed by atoms with Crippen molar-refractivity contribution in [3.63, 3.8) is 0 Å². The number of aryl methyl sites for hydroxylation is 1. The van der Waals surface area contributed by atoms with Crippen molar-refractivity contribution in [2.75, 3.05) is 16.4 Å². The lowest BCUT2D eigenvalue weighted by Crippen LogP contribution is -2.38. The molecule has 0 aromatic heterocycles. The molecule has 2 fully saturated rings. The lowest BCUT2D eigenvalue weighted by atomic mass is 10.1. The predicted molar refractivity (Wildman–Crippen MR) is 110 cm³/mol. The van der Waals surface area contributed by atoms with E-state index in [2.05, 4.69) is 36.9 Å². The van der Waals surface area contributed by atoms with Gasteiger partial charge < -0.3 is 4.90 Å². The molecule has 9 heteroatoms. The molecule has 2 saturated heterocycles. The SMILES string of the molecule is CCCC(=O)N=C1S[C@H]2CS(=O)(=O)C[C@H]2N1c1c(Br)cc(C)cc1Br. The smallest absolute Gasteiger partial charge is 0.248 e.